The van der Waals surface area contributed by atoms with Crippen LogP contribution in [-0.2, 0) is 0 Å². The highest BCUT2D eigenvalue weighted by Crippen LogP contribution is 2.56. The Bertz CT molecular complexity index is 2800. The number of hydrogen-bond acceptors (Lipinski definition) is 0. The molecule has 11 aromatic carbocycles. The van der Waals surface area contributed by atoms with Crippen LogP contribution in [0.3, 0.4) is 0 Å². The van der Waals surface area contributed by atoms with Crippen molar-refractivity contribution < 1.29 is 0 Å². The summed E-state index contributed by atoms with van der Waals surface area (Å²) < 4.78 is 2.60. The molecule has 0 nitrogen and oxygen atoms in total. The first-order valence-electron chi connectivity index (χ1n) is 15.7. The van der Waals surface area contributed by atoms with Gasteiger partial charge in [0.2, 0.25) is 0 Å². The van der Waals surface area contributed by atoms with Crippen molar-refractivity contribution in [1.82, 2.24) is 0 Å². The third-order valence-electron chi connectivity index (χ3n) is 10.4. The summed E-state index contributed by atoms with van der Waals surface area (Å²) >= 11 is 5.20. The summed E-state index contributed by atoms with van der Waals surface area (Å²) in [7, 11) is 0. The van der Waals surface area contributed by atoms with Crippen molar-refractivity contribution >= 4 is 131 Å². The van der Waals surface area contributed by atoms with Gasteiger partial charge < -0.3 is 0 Å². The van der Waals surface area contributed by atoms with Gasteiger partial charge in [0.15, 0.2) is 0 Å². The summed E-state index contributed by atoms with van der Waals surface area (Å²) in [5.74, 6) is 0. The molecule has 0 saturated heterocycles. The Morgan fingerprint density at radius 2 is 0.609 bits per heavy atom. The Morgan fingerprint density at radius 1 is 0.261 bits per heavy atom. The van der Waals surface area contributed by atoms with Gasteiger partial charge in [0.25, 0.3) is 0 Å². The number of fused-ring (bicyclic) bond motifs is 6. The van der Waals surface area contributed by atoms with Gasteiger partial charge in [-0.3, -0.25) is 0 Å². The molecule has 0 atom stereocenters. The van der Waals surface area contributed by atoms with Crippen LogP contribution in [0.2, 0.25) is 0 Å². The molecular weight excluding hydrogens is 782 g/mol. The van der Waals surface area contributed by atoms with E-state index in [1.807, 2.05) is 0 Å². The second-order valence-corrected chi connectivity index (χ2v) is 14.9. The monoisotopic (exact) mass is 804 g/mol. The average molecular weight is 804 g/mol. The first-order valence-corrected chi connectivity index (χ1v) is 17.8. The zero-order valence-corrected chi connectivity index (χ0v) is 28.8. The van der Waals surface area contributed by atoms with Crippen molar-refractivity contribution in [3.63, 3.8) is 0 Å². The third kappa shape index (κ3) is 3.14. The van der Waals surface area contributed by atoms with Crippen LogP contribution in [0.4, 0.5) is 0 Å². The second kappa shape index (κ2) is 9.18. The van der Waals surface area contributed by atoms with E-state index in [2.05, 4.69) is 179 Å². The molecule has 0 aromatic heterocycles. The molecule has 0 heterocycles. The van der Waals surface area contributed by atoms with Crippen molar-refractivity contribution in [3.8, 4) is 22.3 Å². The van der Waals surface area contributed by atoms with E-state index in [-0.39, 0.29) is 0 Å². The molecule has 0 unspecified atom stereocenters. The standard InChI is InChI=1S/C44H22I2/c45-35-21-32-26-16-8-10-18-28(26)38-30(24-13-5-2-6-14-24)20-34-36(46)22-31-25-15-7-9-17-27(25)37-29(23-11-3-1-4-12-23)19-33(35)41-40(32)44(38)42(34)39(31)43(37)41/h1-22H. The van der Waals surface area contributed by atoms with E-state index in [9.17, 15) is 0 Å². The number of rotatable bonds is 2. The molecular formula is C44H22I2. The van der Waals surface area contributed by atoms with Crippen molar-refractivity contribution in [1.29, 1.82) is 0 Å². The molecule has 0 aliphatic carbocycles. The van der Waals surface area contributed by atoms with Gasteiger partial charge in [-0.2, -0.15) is 0 Å². The maximum Gasteiger partial charge on any atom is 0.0215 e. The number of hydrogen-bond donors (Lipinski definition) is 0. The summed E-state index contributed by atoms with van der Waals surface area (Å²) in [5.41, 5.74) is 5.15. The van der Waals surface area contributed by atoms with E-state index in [4.69, 9.17) is 0 Å². The Morgan fingerprint density at radius 3 is 1.02 bits per heavy atom. The first-order chi connectivity index (χ1) is 22.7. The maximum absolute atomic E-state index is 2.60. The highest BCUT2D eigenvalue weighted by molar-refractivity contribution is 14.1. The average Bonchev–Trinajstić information content (AvgIpc) is 3.11. The van der Waals surface area contributed by atoms with Crippen LogP contribution in [0.25, 0.3) is 108 Å². The van der Waals surface area contributed by atoms with E-state index in [1.165, 1.54) is 116 Å². The normalized spacial score (nSPS) is 12.6. The molecule has 0 aliphatic rings. The number of benzene rings is 11. The molecule has 2 heteroatoms. The zero-order valence-electron chi connectivity index (χ0n) is 24.5. The third-order valence-corrected chi connectivity index (χ3v) is 12.2. The predicted octanol–water partition coefficient (Wildman–Crippen LogP) is 13.8. The van der Waals surface area contributed by atoms with Crippen LogP contribution in [0.1, 0.15) is 0 Å². The quantitative estimate of drug-likeness (QED) is 0.0928. The Hall–Kier alpha value is -4.26. The fraction of sp³-hybridized carbons (Fsp3) is 0. The fourth-order valence-corrected chi connectivity index (χ4v) is 10.1. The van der Waals surface area contributed by atoms with Crippen LogP contribution in [0, 0.1) is 7.14 Å². The molecule has 11 aromatic rings. The van der Waals surface area contributed by atoms with Gasteiger partial charge in [-0.25, -0.2) is 0 Å². The fourth-order valence-electron chi connectivity index (χ4n) is 8.65. The Labute approximate surface area is 291 Å². The number of halogens is 2. The van der Waals surface area contributed by atoms with Crippen molar-refractivity contribution in [2.75, 3.05) is 0 Å². The maximum atomic E-state index is 2.60. The second-order valence-electron chi connectivity index (χ2n) is 12.6. The van der Waals surface area contributed by atoms with Crippen molar-refractivity contribution in [2.45, 2.75) is 0 Å². The summed E-state index contributed by atoms with van der Waals surface area (Å²) in [6, 6.07) is 50.1. The molecule has 0 aliphatic heterocycles. The molecule has 0 spiro atoms. The van der Waals surface area contributed by atoms with E-state index < -0.39 is 0 Å². The SMILES string of the molecule is Ic1cc2c3ccccc3c3c(-c4ccccc4)cc4c(I)cc5c6ccccc6c6c(-c7ccccc7)cc1c1c2c3c4c5c61. The minimum absolute atomic E-state index is 1.26. The van der Waals surface area contributed by atoms with E-state index in [0.717, 1.165) is 0 Å². The smallest absolute Gasteiger partial charge is 0.0215 e. The van der Waals surface area contributed by atoms with Gasteiger partial charge in [-0.15, -0.1) is 0 Å². The Balaban J connectivity index is 1.57. The van der Waals surface area contributed by atoms with Crippen molar-refractivity contribution in [3.05, 3.63) is 141 Å². The van der Waals surface area contributed by atoms with E-state index in [1.54, 1.807) is 0 Å². The molecule has 0 radical (unpaired) electrons. The molecule has 212 valence electrons. The summed E-state index contributed by atoms with van der Waals surface area (Å²) in [6.45, 7) is 0. The largest absolute Gasteiger partial charge is 0.0622 e. The molecule has 0 N–H and O–H groups in total. The highest BCUT2D eigenvalue weighted by Gasteiger charge is 2.28. The van der Waals surface area contributed by atoms with Gasteiger partial charge in [0.05, 0.1) is 0 Å². The van der Waals surface area contributed by atoms with Crippen LogP contribution in [0.5, 0.6) is 0 Å². The molecule has 0 saturated carbocycles. The minimum Gasteiger partial charge on any atom is -0.0622 e. The van der Waals surface area contributed by atoms with Gasteiger partial charge in [0, 0.05) is 7.14 Å². The van der Waals surface area contributed by atoms with Crippen LogP contribution in [0.15, 0.2) is 133 Å². The molecule has 46 heavy (non-hydrogen) atoms. The summed E-state index contributed by atoms with van der Waals surface area (Å²) in [4.78, 5) is 0. The van der Waals surface area contributed by atoms with Gasteiger partial charge >= 0.3 is 0 Å². The lowest BCUT2D eigenvalue weighted by atomic mass is 9.77. The minimum atomic E-state index is 1.26. The topological polar surface area (TPSA) is 0 Å². The van der Waals surface area contributed by atoms with E-state index >= 15 is 0 Å². The van der Waals surface area contributed by atoms with Gasteiger partial charge in [0.1, 0.15) is 0 Å². The highest BCUT2D eigenvalue weighted by atomic mass is 127. The lowest BCUT2D eigenvalue weighted by molar-refractivity contribution is 1.67. The molecule has 0 amide bonds. The Kier molecular flexibility index (Phi) is 5.16. The van der Waals surface area contributed by atoms with Crippen LogP contribution < -0.4 is 0 Å². The van der Waals surface area contributed by atoms with Crippen LogP contribution >= 0.6 is 45.2 Å². The summed E-state index contributed by atoms with van der Waals surface area (Å²) in [5, 5.41) is 21.9. The molecule has 0 bridgehead atoms. The lowest BCUT2D eigenvalue weighted by Crippen LogP contribution is -1.99. The first kappa shape index (κ1) is 25.9. The molecule has 11 rings (SSSR count). The van der Waals surface area contributed by atoms with Gasteiger partial charge in [-0.1, -0.05) is 109 Å². The van der Waals surface area contributed by atoms with Crippen LogP contribution in [-0.4, -0.2) is 0 Å². The predicted molar refractivity (Wildman–Crippen MR) is 216 cm³/mol. The molecule has 0 fully saturated rings. The lowest BCUT2D eigenvalue weighted by Gasteiger charge is -2.27. The van der Waals surface area contributed by atoms with E-state index in [0.29, 0.717) is 0 Å². The zero-order chi connectivity index (χ0) is 30.3. The van der Waals surface area contributed by atoms with Crippen molar-refractivity contribution in [2.24, 2.45) is 0 Å². The van der Waals surface area contributed by atoms with Gasteiger partial charge in [-0.05, 0) is 178 Å². The summed E-state index contributed by atoms with van der Waals surface area (Å²) in [6.07, 6.45) is 0.